The van der Waals surface area contributed by atoms with E-state index >= 15 is 0 Å². The van der Waals surface area contributed by atoms with E-state index in [-0.39, 0.29) is 11.1 Å². The van der Waals surface area contributed by atoms with Crippen molar-refractivity contribution in [1.29, 1.82) is 0 Å². The zero-order chi connectivity index (χ0) is 14.3. The van der Waals surface area contributed by atoms with Gasteiger partial charge in [0.25, 0.3) is 0 Å². The van der Waals surface area contributed by atoms with E-state index in [0.29, 0.717) is 0 Å². The number of benzene rings is 1. The predicted octanol–water partition coefficient (Wildman–Crippen LogP) is 3.27. The normalized spacial score (nSPS) is 22.4. The van der Waals surface area contributed by atoms with E-state index in [9.17, 15) is 0 Å². The van der Waals surface area contributed by atoms with Gasteiger partial charge in [-0.25, -0.2) is 0 Å². The van der Waals surface area contributed by atoms with Crippen molar-refractivity contribution in [2.45, 2.75) is 59.2 Å². The molecule has 1 fully saturated rings. The summed E-state index contributed by atoms with van der Waals surface area (Å²) in [7, 11) is 0. The molecule has 0 spiro atoms. The lowest BCUT2D eigenvalue weighted by atomic mass is 9.90. The standard InChI is InChI=1S/C17H28N2/c1-13-8-7-9-14(2)15(13)10-19-12-16(3,4)18-11-17(19,5)6/h7-9,18H,10-12H2,1-6H3. The van der Waals surface area contributed by atoms with Gasteiger partial charge < -0.3 is 5.32 Å². The van der Waals surface area contributed by atoms with E-state index in [1.165, 1.54) is 16.7 Å². The van der Waals surface area contributed by atoms with Crippen molar-refractivity contribution < 1.29 is 0 Å². The SMILES string of the molecule is Cc1cccc(C)c1CN1CC(C)(C)NCC1(C)C. The second-order valence-corrected chi connectivity index (χ2v) is 7.28. The first kappa shape index (κ1) is 14.5. The Balaban J connectivity index is 2.25. The van der Waals surface area contributed by atoms with Crippen LogP contribution < -0.4 is 5.32 Å². The molecule has 2 rings (SSSR count). The number of aryl methyl sites for hydroxylation is 2. The lowest BCUT2D eigenvalue weighted by Gasteiger charge is -2.50. The van der Waals surface area contributed by atoms with E-state index in [2.05, 4.69) is 70.0 Å². The molecule has 0 saturated carbocycles. The Kier molecular flexibility index (Phi) is 3.76. The quantitative estimate of drug-likeness (QED) is 0.878. The lowest BCUT2D eigenvalue weighted by molar-refractivity contribution is 0.0321. The fraction of sp³-hybridized carbons (Fsp3) is 0.647. The van der Waals surface area contributed by atoms with E-state index in [1.54, 1.807) is 0 Å². The third-order valence-corrected chi connectivity index (χ3v) is 4.44. The Morgan fingerprint density at radius 1 is 1.11 bits per heavy atom. The van der Waals surface area contributed by atoms with Gasteiger partial charge in [-0.05, 0) is 58.2 Å². The zero-order valence-electron chi connectivity index (χ0n) is 13.3. The Morgan fingerprint density at radius 3 is 2.26 bits per heavy atom. The summed E-state index contributed by atoms with van der Waals surface area (Å²) in [5.41, 5.74) is 4.73. The summed E-state index contributed by atoms with van der Waals surface area (Å²) in [6, 6.07) is 6.60. The van der Waals surface area contributed by atoms with Crippen molar-refractivity contribution in [3.05, 3.63) is 34.9 Å². The van der Waals surface area contributed by atoms with Crippen molar-refractivity contribution in [3.63, 3.8) is 0 Å². The molecule has 1 aliphatic heterocycles. The summed E-state index contributed by atoms with van der Waals surface area (Å²) in [5, 5.41) is 3.65. The van der Waals surface area contributed by atoms with Gasteiger partial charge in [-0.15, -0.1) is 0 Å². The monoisotopic (exact) mass is 260 g/mol. The molecular weight excluding hydrogens is 232 g/mol. The molecule has 0 unspecified atom stereocenters. The highest BCUT2D eigenvalue weighted by molar-refractivity contribution is 5.33. The van der Waals surface area contributed by atoms with E-state index in [1.807, 2.05) is 0 Å². The van der Waals surface area contributed by atoms with Crippen LogP contribution >= 0.6 is 0 Å². The average molecular weight is 260 g/mol. The second kappa shape index (κ2) is 4.92. The molecule has 106 valence electrons. The van der Waals surface area contributed by atoms with Crippen LogP contribution in [0.1, 0.15) is 44.4 Å². The summed E-state index contributed by atoms with van der Waals surface area (Å²) < 4.78 is 0. The molecule has 1 saturated heterocycles. The number of piperazine rings is 1. The van der Waals surface area contributed by atoms with Crippen molar-refractivity contribution in [2.75, 3.05) is 13.1 Å². The smallest absolute Gasteiger partial charge is 0.0282 e. The minimum absolute atomic E-state index is 0.201. The molecule has 0 radical (unpaired) electrons. The third-order valence-electron chi connectivity index (χ3n) is 4.44. The second-order valence-electron chi connectivity index (χ2n) is 7.28. The highest BCUT2D eigenvalue weighted by Crippen LogP contribution is 2.27. The molecule has 19 heavy (non-hydrogen) atoms. The van der Waals surface area contributed by atoms with Crippen LogP contribution in [0.15, 0.2) is 18.2 Å². The summed E-state index contributed by atoms with van der Waals surface area (Å²) >= 11 is 0. The maximum absolute atomic E-state index is 3.65. The summed E-state index contributed by atoms with van der Waals surface area (Å²) in [5.74, 6) is 0. The molecule has 0 atom stereocenters. The highest BCUT2D eigenvalue weighted by Gasteiger charge is 2.37. The Morgan fingerprint density at radius 2 is 1.68 bits per heavy atom. The fourth-order valence-corrected chi connectivity index (χ4v) is 2.87. The van der Waals surface area contributed by atoms with Gasteiger partial charge in [0.15, 0.2) is 0 Å². The molecular formula is C17H28N2. The molecule has 0 aromatic heterocycles. The van der Waals surface area contributed by atoms with Crippen LogP contribution in [0.3, 0.4) is 0 Å². The van der Waals surface area contributed by atoms with Crippen LogP contribution in [-0.2, 0) is 6.54 Å². The van der Waals surface area contributed by atoms with Crippen molar-refractivity contribution >= 4 is 0 Å². The van der Waals surface area contributed by atoms with Crippen molar-refractivity contribution in [2.24, 2.45) is 0 Å². The van der Waals surface area contributed by atoms with Gasteiger partial charge in [0, 0.05) is 30.7 Å². The zero-order valence-corrected chi connectivity index (χ0v) is 13.3. The van der Waals surface area contributed by atoms with Gasteiger partial charge in [-0.1, -0.05) is 18.2 Å². The Hall–Kier alpha value is -0.860. The number of hydrogen-bond acceptors (Lipinski definition) is 2. The maximum Gasteiger partial charge on any atom is 0.0282 e. The van der Waals surface area contributed by atoms with Gasteiger partial charge >= 0.3 is 0 Å². The Bertz CT molecular complexity index is 440. The van der Waals surface area contributed by atoms with Gasteiger partial charge in [0.1, 0.15) is 0 Å². The molecule has 1 aliphatic rings. The van der Waals surface area contributed by atoms with Crippen LogP contribution in [0.4, 0.5) is 0 Å². The minimum atomic E-state index is 0.201. The van der Waals surface area contributed by atoms with E-state index < -0.39 is 0 Å². The Labute approximate surface area is 118 Å². The third kappa shape index (κ3) is 3.18. The van der Waals surface area contributed by atoms with Crippen molar-refractivity contribution in [1.82, 2.24) is 10.2 Å². The van der Waals surface area contributed by atoms with E-state index in [0.717, 1.165) is 19.6 Å². The molecule has 0 amide bonds. The topological polar surface area (TPSA) is 15.3 Å². The predicted molar refractivity (Wildman–Crippen MR) is 82.5 cm³/mol. The number of nitrogens with one attached hydrogen (secondary N) is 1. The molecule has 1 heterocycles. The van der Waals surface area contributed by atoms with Crippen molar-refractivity contribution in [3.8, 4) is 0 Å². The number of nitrogens with zero attached hydrogens (tertiary/aromatic N) is 1. The number of rotatable bonds is 2. The molecule has 2 heteroatoms. The van der Waals surface area contributed by atoms with Gasteiger partial charge in [0.05, 0.1) is 0 Å². The lowest BCUT2D eigenvalue weighted by Crippen LogP contribution is -2.65. The van der Waals surface area contributed by atoms with Crippen LogP contribution in [0.5, 0.6) is 0 Å². The fourth-order valence-electron chi connectivity index (χ4n) is 2.87. The molecule has 1 N–H and O–H groups in total. The largest absolute Gasteiger partial charge is 0.309 e. The number of hydrogen-bond donors (Lipinski definition) is 1. The van der Waals surface area contributed by atoms with E-state index in [4.69, 9.17) is 0 Å². The minimum Gasteiger partial charge on any atom is -0.309 e. The first-order chi connectivity index (χ1) is 8.71. The van der Waals surface area contributed by atoms with Crippen LogP contribution in [0.25, 0.3) is 0 Å². The molecule has 1 aromatic carbocycles. The van der Waals surface area contributed by atoms with Gasteiger partial charge in [-0.2, -0.15) is 0 Å². The first-order valence-electron chi connectivity index (χ1n) is 7.26. The van der Waals surface area contributed by atoms with Crippen LogP contribution in [0.2, 0.25) is 0 Å². The summed E-state index contributed by atoms with van der Waals surface area (Å²) in [4.78, 5) is 2.62. The van der Waals surface area contributed by atoms with Gasteiger partial charge in [0.2, 0.25) is 0 Å². The summed E-state index contributed by atoms with van der Waals surface area (Å²) in [6.45, 7) is 16.9. The first-order valence-corrected chi connectivity index (χ1v) is 7.26. The molecule has 0 aliphatic carbocycles. The van der Waals surface area contributed by atoms with Gasteiger partial charge in [-0.3, -0.25) is 4.90 Å². The maximum atomic E-state index is 3.65. The molecule has 2 nitrogen and oxygen atoms in total. The molecule has 1 aromatic rings. The summed E-state index contributed by atoms with van der Waals surface area (Å²) in [6.07, 6.45) is 0. The van der Waals surface area contributed by atoms with Crippen LogP contribution in [0, 0.1) is 13.8 Å². The molecule has 0 bridgehead atoms. The van der Waals surface area contributed by atoms with Crippen LogP contribution in [-0.4, -0.2) is 29.1 Å². The highest BCUT2D eigenvalue weighted by atomic mass is 15.3. The average Bonchev–Trinajstić information content (AvgIpc) is 2.29.